The maximum atomic E-state index is 11.5. The molecule has 0 saturated carbocycles. The van der Waals surface area contributed by atoms with Crippen LogP contribution in [0.3, 0.4) is 0 Å². The smallest absolute Gasteiger partial charge is 0.340 e. The molecule has 0 fully saturated rings. The number of aldehydes is 1. The quantitative estimate of drug-likeness (QED) is 0.635. The van der Waals surface area contributed by atoms with E-state index in [9.17, 15) is 9.59 Å². The minimum atomic E-state index is -0.586. The average Bonchev–Trinajstić information content (AvgIpc) is 2.16. The number of carbonyl (C=O) groups is 2. The predicted octanol–water partition coefficient (Wildman–Crippen LogP) is 3.09. The molecule has 80 valence electrons. The SMILES string of the molecule is CCOC(=O)c1c(Cl)cc(Br)cc1C=O. The lowest BCUT2D eigenvalue weighted by Crippen LogP contribution is -2.08. The van der Waals surface area contributed by atoms with Crippen LogP contribution in [0.4, 0.5) is 0 Å². The van der Waals surface area contributed by atoms with E-state index in [-0.39, 0.29) is 22.8 Å². The Morgan fingerprint density at radius 1 is 1.60 bits per heavy atom. The van der Waals surface area contributed by atoms with Crippen LogP contribution < -0.4 is 0 Å². The van der Waals surface area contributed by atoms with Crippen molar-refractivity contribution in [3.63, 3.8) is 0 Å². The topological polar surface area (TPSA) is 43.4 Å². The summed E-state index contributed by atoms with van der Waals surface area (Å²) >= 11 is 9.03. The fraction of sp³-hybridized carbons (Fsp3) is 0.200. The van der Waals surface area contributed by atoms with Gasteiger partial charge in [0.25, 0.3) is 0 Å². The maximum absolute atomic E-state index is 11.5. The molecule has 0 spiro atoms. The molecule has 0 aliphatic heterocycles. The third-order valence-electron chi connectivity index (χ3n) is 1.69. The van der Waals surface area contributed by atoms with E-state index < -0.39 is 5.97 Å². The van der Waals surface area contributed by atoms with Gasteiger partial charge in [-0.3, -0.25) is 4.79 Å². The van der Waals surface area contributed by atoms with Gasteiger partial charge in [-0.2, -0.15) is 0 Å². The van der Waals surface area contributed by atoms with Gasteiger partial charge >= 0.3 is 5.97 Å². The van der Waals surface area contributed by atoms with E-state index in [1.165, 1.54) is 6.07 Å². The molecule has 3 nitrogen and oxygen atoms in total. The van der Waals surface area contributed by atoms with E-state index in [1.807, 2.05) is 0 Å². The Morgan fingerprint density at radius 3 is 2.80 bits per heavy atom. The summed E-state index contributed by atoms with van der Waals surface area (Å²) in [6, 6.07) is 3.06. The van der Waals surface area contributed by atoms with Crippen molar-refractivity contribution < 1.29 is 14.3 Å². The molecule has 0 N–H and O–H groups in total. The number of halogens is 2. The van der Waals surface area contributed by atoms with Crippen molar-refractivity contribution in [2.75, 3.05) is 6.61 Å². The lowest BCUT2D eigenvalue weighted by Gasteiger charge is -2.07. The van der Waals surface area contributed by atoms with E-state index in [0.29, 0.717) is 10.8 Å². The van der Waals surface area contributed by atoms with Crippen molar-refractivity contribution in [1.82, 2.24) is 0 Å². The predicted molar refractivity (Wildman–Crippen MR) is 60.5 cm³/mol. The van der Waals surface area contributed by atoms with E-state index >= 15 is 0 Å². The Labute approximate surface area is 100 Å². The van der Waals surface area contributed by atoms with Gasteiger partial charge in [-0.15, -0.1) is 0 Å². The van der Waals surface area contributed by atoms with Crippen LogP contribution in [0.1, 0.15) is 27.6 Å². The Bertz CT molecular complexity index is 404. The molecule has 0 bridgehead atoms. The Morgan fingerprint density at radius 2 is 2.27 bits per heavy atom. The zero-order valence-electron chi connectivity index (χ0n) is 7.92. The first-order valence-electron chi connectivity index (χ1n) is 4.21. The van der Waals surface area contributed by atoms with Gasteiger partial charge in [0.05, 0.1) is 17.2 Å². The second-order valence-electron chi connectivity index (χ2n) is 2.69. The van der Waals surface area contributed by atoms with Crippen LogP contribution in [0.5, 0.6) is 0 Å². The van der Waals surface area contributed by atoms with Gasteiger partial charge in [0.15, 0.2) is 6.29 Å². The molecule has 5 heteroatoms. The van der Waals surface area contributed by atoms with Crippen LogP contribution in [-0.4, -0.2) is 18.9 Å². The Kier molecular flexibility index (Phi) is 4.29. The van der Waals surface area contributed by atoms with Gasteiger partial charge in [0, 0.05) is 10.0 Å². The summed E-state index contributed by atoms with van der Waals surface area (Å²) < 4.78 is 5.43. The largest absolute Gasteiger partial charge is 0.462 e. The highest BCUT2D eigenvalue weighted by Crippen LogP contribution is 2.25. The molecule has 15 heavy (non-hydrogen) atoms. The van der Waals surface area contributed by atoms with E-state index in [4.69, 9.17) is 16.3 Å². The van der Waals surface area contributed by atoms with Gasteiger partial charge in [-0.05, 0) is 19.1 Å². The van der Waals surface area contributed by atoms with Crippen LogP contribution in [0, 0.1) is 0 Å². The highest BCUT2D eigenvalue weighted by Gasteiger charge is 2.17. The zero-order chi connectivity index (χ0) is 11.4. The molecule has 0 unspecified atom stereocenters. The van der Waals surface area contributed by atoms with E-state index in [1.54, 1.807) is 13.0 Å². The number of carbonyl (C=O) groups excluding carboxylic acids is 2. The van der Waals surface area contributed by atoms with Gasteiger partial charge in [-0.25, -0.2) is 4.79 Å². The molecule has 0 aliphatic rings. The van der Waals surface area contributed by atoms with Crippen molar-refractivity contribution in [2.24, 2.45) is 0 Å². The van der Waals surface area contributed by atoms with Crippen LogP contribution in [-0.2, 0) is 4.74 Å². The highest BCUT2D eigenvalue weighted by molar-refractivity contribution is 9.10. The summed E-state index contributed by atoms with van der Waals surface area (Å²) in [5.41, 5.74) is 0.324. The fourth-order valence-electron chi connectivity index (χ4n) is 1.11. The number of hydrogen-bond donors (Lipinski definition) is 0. The second kappa shape index (κ2) is 5.28. The van der Waals surface area contributed by atoms with Gasteiger partial charge in [-0.1, -0.05) is 27.5 Å². The van der Waals surface area contributed by atoms with Gasteiger partial charge < -0.3 is 4.74 Å². The third kappa shape index (κ3) is 2.79. The summed E-state index contributed by atoms with van der Waals surface area (Å²) in [4.78, 5) is 22.2. The number of benzene rings is 1. The summed E-state index contributed by atoms with van der Waals surface area (Å²) in [7, 11) is 0. The van der Waals surface area contributed by atoms with E-state index in [0.717, 1.165) is 0 Å². The third-order valence-corrected chi connectivity index (χ3v) is 2.45. The molecular weight excluding hydrogens is 283 g/mol. The number of hydrogen-bond acceptors (Lipinski definition) is 3. The molecule has 0 atom stereocenters. The summed E-state index contributed by atoms with van der Waals surface area (Å²) in [5.74, 6) is -0.586. The monoisotopic (exact) mass is 290 g/mol. The standard InChI is InChI=1S/C10H8BrClO3/c1-2-15-10(14)9-6(5-13)3-7(11)4-8(9)12/h3-5H,2H2,1H3. The molecule has 0 heterocycles. The summed E-state index contributed by atoms with van der Waals surface area (Å²) in [6.07, 6.45) is 0.572. The van der Waals surface area contributed by atoms with Gasteiger partial charge in [0.2, 0.25) is 0 Å². The first-order chi connectivity index (χ1) is 7.10. The van der Waals surface area contributed by atoms with Crippen molar-refractivity contribution >= 4 is 39.8 Å². The van der Waals surface area contributed by atoms with E-state index in [2.05, 4.69) is 15.9 Å². The fourth-order valence-corrected chi connectivity index (χ4v) is 2.02. The van der Waals surface area contributed by atoms with Crippen LogP contribution >= 0.6 is 27.5 Å². The maximum Gasteiger partial charge on any atom is 0.340 e. The number of ether oxygens (including phenoxy) is 1. The molecule has 0 amide bonds. The molecular formula is C10H8BrClO3. The van der Waals surface area contributed by atoms with Gasteiger partial charge in [0.1, 0.15) is 0 Å². The normalized spacial score (nSPS) is 9.80. The van der Waals surface area contributed by atoms with Crippen molar-refractivity contribution in [1.29, 1.82) is 0 Å². The second-order valence-corrected chi connectivity index (χ2v) is 4.01. The number of rotatable bonds is 3. The zero-order valence-corrected chi connectivity index (χ0v) is 10.3. The van der Waals surface area contributed by atoms with Crippen molar-refractivity contribution in [3.05, 3.63) is 32.8 Å². The minimum absolute atomic E-state index is 0.108. The molecule has 0 radical (unpaired) electrons. The number of esters is 1. The lowest BCUT2D eigenvalue weighted by atomic mass is 10.1. The van der Waals surface area contributed by atoms with Crippen LogP contribution in [0.15, 0.2) is 16.6 Å². The molecule has 1 aromatic rings. The van der Waals surface area contributed by atoms with Crippen LogP contribution in [0.2, 0.25) is 5.02 Å². The molecule has 0 aliphatic carbocycles. The average molecular weight is 292 g/mol. The summed E-state index contributed by atoms with van der Waals surface area (Å²) in [5, 5.41) is 0.199. The molecule has 1 aromatic carbocycles. The molecule has 1 rings (SSSR count). The van der Waals surface area contributed by atoms with Crippen molar-refractivity contribution in [2.45, 2.75) is 6.92 Å². The Balaban J connectivity index is 3.26. The van der Waals surface area contributed by atoms with Crippen LogP contribution in [0.25, 0.3) is 0 Å². The minimum Gasteiger partial charge on any atom is -0.462 e. The first kappa shape index (κ1) is 12.2. The first-order valence-corrected chi connectivity index (χ1v) is 5.38. The summed E-state index contributed by atoms with van der Waals surface area (Å²) in [6.45, 7) is 1.93. The van der Waals surface area contributed by atoms with Crippen molar-refractivity contribution in [3.8, 4) is 0 Å². The highest BCUT2D eigenvalue weighted by atomic mass is 79.9. The lowest BCUT2D eigenvalue weighted by molar-refractivity contribution is 0.0524. The molecule has 0 saturated heterocycles. The Hall–Kier alpha value is -0.870. The molecule has 0 aromatic heterocycles.